The summed E-state index contributed by atoms with van der Waals surface area (Å²) < 4.78 is 0. The first kappa shape index (κ1) is 11.5. The zero-order valence-corrected chi connectivity index (χ0v) is 9.32. The zero-order valence-electron chi connectivity index (χ0n) is 9.32. The number of quaternary nitrogens is 1. The molecule has 0 saturated heterocycles. The molecule has 0 saturated carbocycles. The van der Waals surface area contributed by atoms with Crippen LogP contribution < -0.4 is 10.1 Å². The molecule has 1 aliphatic rings. The highest BCUT2D eigenvalue weighted by molar-refractivity contribution is 6.35. The van der Waals surface area contributed by atoms with Gasteiger partial charge in [0.2, 0.25) is 5.95 Å². The number of aromatic amines is 1. The molecular weight excluding hydrogens is 254 g/mol. The van der Waals surface area contributed by atoms with E-state index in [1.54, 1.807) is 0 Å². The van der Waals surface area contributed by atoms with Gasteiger partial charge in [-0.15, -0.1) is 0 Å². The second kappa shape index (κ2) is 3.95. The topological polar surface area (TPSA) is 127 Å². The minimum Gasteiger partial charge on any atom is -0.595 e. The van der Waals surface area contributed by atoms with Gasteiger partial charge in [0.15, 0.2) is 5.69 Å². The lowest BCUT2D eigenvalue weighted by molar-refractivity contribution is -0.991. The van der Waals surface area contributed by atoms with Gasteiger partial charge in [0.25, 0.3) is 11.8 Å². The number of anilines is 1. The van der Waals surface area contributed by atoms with Gasteiger partial charge in [0, 0.05) is 6.07 Å². The Morgan fingerprint density at radius 1 is 1.32 bits per heavy atom. The monoisotopic (exact) mass is 261 g/mol. The number of amides is 2. The predicted octanol–water partition coefficient (Wildman–Crippen LogP) is -0.991. The number of hydrogen-bond acceptors (Lipinski definition) is 6. The van der Waals surface area contributed by atoms with Gasteiger partial charge in [-0.3, -0.25) is 9.59 Å². The van der Waals surface area contributed by atoms with Crippen molar-refractivity contribution in [2.45, 2.75) is 0 Å². The highest BCUT2D eigenvalue weighted by atomic mass is 16.8. The number of imide groups is 1. The standard InChI is InChI=1S/C10H7N5O4/c16-8-5-2-1-3-6(15(18)19)7(5)9(17)14(8)10-11-4-12-13-10/h1-4,15,18H,(H,11,12,13). The van der Waals surface area contributed by atoms with E-state index in [1.807, 2.05) is 0 Å². The largest absolute Gasteiger partial charge is 0.595 e. The van der Waals surface area contributed by atoms with Gasteiger partial charge in [-0.05, 0) is 6.07 Å². The van der Waals surface area contributed by atoms with Crippen LogP contribution in [0.2, 0.25) is 0 Å². The molecule has 1 atom stereocenters. The van der Waals surface area contributed by atoms with Crippen LogP contribution in [0.1, 0.15) is 20.7 Å². The summed E-state index contributed by atoms with van der Waals surface area (Å²) in [7, 11) is 0. The van der Waals surface area contributed by atoms with E-state index in [1.165, 1.54) is 18.2 Å². The normalized spacial score (nSPS) is 15.8. The number of fused-ring (bicyclic) bond motifs is 1. The van der Waals surface area contributed by atoms with Crippen molar-refractivity contribution in [2.75, 3.05) is 4.90 Å². The first-order chi connectivity index (χ1) is 9.11. The number of aromatic nitrogens is 3. The van der Waals surface area contributed by atoms with Gasteiger partial charge in [-0.1, -0.05) is 6.07 Å². The summed E-state index contributed by atoms with van der Waals surface area (Å²) in [5.74, 6) is -1.39. The number of nitrogens with one attached hydrogen (secondary N) is 2. The van der Waals surface area contributed by atoms with Crippen molar-refractivity contribution in [1.29, 1.82) is 0 Å². The van der Waals surface area contributed by atoms with E-state index in [9.17, 15) is 14.8 Å². The molecule has 1 unspecified atom stereocenters. The molecule has 1 aliphatic heterocycles. The smallest absolute Gasteiger partial charge is 0.274 e. The van der Waals surface area contributed by atoms with Gasteiger partial charge in [-0.2, -0.15) is 15.3 Å². The van der Waals surface area contributed by atoms with E-state index in [0.717, 1.165) is 11.2 Å². The molecule has 9 heteroatoms. The lowest BCUT2D eigenvalue weighted by atomic mass is 10.1. The highest BCUT2D eigenvalue weighted by Gasteiger charge is 2.41. The van der Waals surface area contributed by atoms with Crippen LogP contribution in [0.25, 0.3) is 0 Å². The van der Waals surface area contributed by atoms with Crippen molar-refractivity contribution in [3.05, 3.63) is 40.9 Å². The lowest BCUT2D eigenvalue weighted by Gasteiger charge is -2.13. The first-order valence-electron chi connectivity index (χ1n) is 5.21. The Labute approximate surface area is 105 Å². The third-order valence-electron chi connectivity index (χ3n) is 2.76. The molecule has 0 fully saturated rings. The van der Waals surface area contributed by atoms with Crippen molar-refractivity contribution < 1.29 is 20.0 Å². The van der Waals surface area contributed by atoms with Gasteiger partial charge in [0.05, 0.1) is 5.56 Å². The van der Waals surface area contributed by atoms with Gasteiger partial charge in [0.1, 0.15) is 11.9 Å². The number of carbonyl (C=O) groups excluding carboxylic acids is 2. The lowest BCUT2D eigenvalue weighted by Crippen LogP contribution is -2.99. The SMILES string of the molecule is O=C1c2cccc([NH+]([O-])O)c2C(=O)N1c1ncn[nH]1. The fraction of sp³-hybridized carbons (Fsp3) is 0. The molecule has 3 N–H and O–H groups in total. The summed E-state index contributed by atoms with van der Waals surface area (Å²) in [6.45, 7) is 0. The Hall–Kier alpha value is -2.62. The molecule has 0 bridgehead atoms. The summed E-state index contributed by atoms with van der Waals surface area (Å²) in [6, 6.07) is 4.09. The molecule has 0 radical (unpaired) electrons. The van der Waals surface area contributed by atoms with E-state index in [0.29, 0.717) is 0 Å². The average molecular weight is 261 g/mol. The van der Waals surface area contributed by atoms with E-state index >= 15 is 0 Å². The van der Waals surface area contributed by atoms with Crippen molar-refractivity contribution in [2.24, 2.45) is 0 Å². The number of benzene rings is 1. The van der Waals surface area contributed by atoms with Crippen molar-refractivity contribution in [3.63, 3.8) is 0 Å². The molecular formula is C10H7N5O4. The average Bonchev–Trinajstić information content (AvgIpc) is 2.98. The van der Waals surface area contributed by atoms with Crippen LogP contribution in [0.15, 0.2) is 24.5 Å². The third-order valence-corrected chi connectivity index (χ3v) is 2.76. The molecule has 1 aromatic carbocycles. The highest BCUT2D eigenvalue weighted by Crippen LogP contribution is 2.29. The maximum atomic E-state index is 12.2. The zero-order chi connectivity index (χ0) is 13.6. The molecule has 2 aromatic rings. The van der Waals surface area contributed by atoms with Gasteiger partial charge >= 0.3 is 0 Å². The molecule has 0 spiro atoms. The van der Waals surface area contributed by atoms with Gasteiger partial charge in [-0.25, -0.2) is 15.2 Å². The van der Waals surface area contributed by atoms with E-state index in [4.69, 9.17) is 5.21 Å². The van der Waals surface area contributed by atoms with Crippen molar-refractivity contribution in [1.82, 2.24) is 15.2 Å². The molecule has 0 aliphatic carbocycles. The molecule has 19 heavy (non-hydrogen) atoms. The van der Waals surface area contributed by atoms with Crippen LogP contribution in [0.5, 0.6) is 0 Å². The fourth-order valence-corrected chi connectivity index (χ4v) is 1.96. The first-order valence-corrected chi connectivity index (χ1v) is 5.21. The fourth-order valence-electron chi connectivity index (χ4n) is 1.96. The molecule has 9 nitrogen and oxygen atoms in total. The summed E-state index contributed by atoms with van der Waals surface area (Å²) >= 11 is 0. The second-order valence-electron chi connectivity index (χ2n) is 3.79. The number of carbonyl (C=O) groups is 2. The maximum absolute atomic E-state index is 12.2. The Morgan fingerprint density at radius 2 is 2.11 bits per heavy atom. The van der Waals surface area contributed by atoms with Crippen LogP contribution in [-0.4, -0.2) is 32.2 Å². The minimum atomic E-state index is -1.27. The Kier molecular flexibility index (Phi) is 2.38. The predicted molar refractivity (Wildman–Crippen MR) is 59.7 cm³/mol. The van der Waals surface area contributed by atoms with Crippen LogP contribution in [-0.2, 0) is 0 Å². The molecule has 2 heterocycles. The Bertz CT molecular complexity index is 667. The summed E-state index contributed by atoms with van der Waals surface area (Å²) in [4.78, 5) is 28.8. The van der Waals surface area contributed by atoms with Crippen LogP contribution in [0, 0.1) is 5.21 Å². The Morgan fingerprint density at radius 3 is 2.74 bits per heavy atom. The summed E-state index contributed by atoms with van der Waals surface area (Å²) in [6.07, 6.45) is 1.15. The van der Waals surface area contributed by atoms with Crippen LogP contribution in [0.4, 0.5) is 11.6 Å². The van der Waals surface area contributed by atoms with E-state index in [-0.39, 0.29) is 22.8 Å². The Balaban J connectivity index is 2.17. The number of hydrogen-bond donors (Lipinski definition) is 3. The van der Waals surface area contributed by atoms with Gasteiger partial charge < -0.3 is 5.21 Å². The van der Waals surface area contributed by atoms with E-state index in [2.05, 4.69) is 15.2 Å². The molecule has 1 aromatic heterocycles. The van der Waals surface area contributed by atoms with Crippen molar-refractivity contribution in [3.8, 4) is 0 Å². The number of nitrogens with zero attached hydrogens (tertiary/aromatic N) is 3. The molecule has 96 valence electrons. The van der Waals surface area contributed by atoms with E-state index < -0.39 is 17.0 Å². The second-order valence-corrected chi connectivity index (χ2v) is 3.79. The number of rotatable bonds is 2. The quantitative estimate of drug-likeness (QED) is 0.470. The summed E-state index contributed by atoms with van der Waals surface area (Å²) in [5.41, 5.74) is -0.296. The number of H-pyrrole nitrogens is 1. The third kappa shape index (κ3) is 1.53. The van der Waals surface area contributed by atoms with Crippen LogP contribution in [0.3, 0.4) is 0 Å². The minimum absolute atomic E-state index is 0.0393. The van der Waals surface area contributed by atoms with Crippen molar-refractivity contribution >= 4 is 23.5 Å². The van der Waals surface area contributed by atoms with Crippen LogP contribution >= 0.6 is 0 Å². The molecule has 3 rings (SSSR count). The summed E-state index contributed by atoms with van der Waals surface area (Å²) in [5, 5.41) is 24.8. The molecule has 2 amide bonds. The maximum Gasteiger partial charge on any atom is 0.274 e.